The Kier molecular flexibility index (Phi) is 5.99. The third kappa shape index (κ3) is 4.20. The van der Waals surface area contributed by atoms with E-state index < -0.39 is 6.04 Å². The van der Waals surface area contributed by atoms with Crippen molar-refractivity contribution in [3.05, 3.63) is 0 Å². The van der Waals surface area contributed by atoms with E-state index in [2.05, 4.69) is 0 Å². The molecule has 116 valence electrons. The maximum Gasteiger partial charge on any atom is 0.239 e. The van der Waals surface area contributed by atoms with Crippen LogP contribution in [0.1, 0.15) is 41.0 Å². The highest BCUT2D eigenvalue weighted by Crippen LogP contribution is 2.20. The first-order valence-corrected chi connectivity index (χ1v) is 7.55. The Labute approximate surface area is 122 Å². The minimum Gasteiger partial charge on any atom is -0.341 e. The van der Waals surface area contributed by atoms with Crippen molar-refractivity contribution in [3.8, 4) is 0 Å². The number of nitrogens with two attached hydrogens (primary N) is 1. The van der Waals surface area contributed by atoms with E-state index in [0.717, 1.165) is 26.1 Å². The van der Waals surface area contributed by atoms with Gasteiger partial charge in [-0.25, -0.2) is 0 Å². The van der Waals surface area contributed by atoms with E-state index in [1.807, 2.05) is 37.5 Å². The minimum absolute atomic E-state index is 0.0430. The first kappa shape index (κ1) is 17.0. The average Bonchev–Trinajstić information content (AvgIpc) is 2.81. The fraction of sp³-hybridized carbons (Fsp3) is 0.867. The van der Waals surface area contributed by atoms with Crippen molar-refractivity contribution in [2.24, 2.45) is 17.6 Å². The molecule has 0 spiro atoms. The minimum atomic E-state index is -0.414. The molecule has 0 radical (unpaired) electrons. The Balaban J connectivity index is 2.55. The maximum absolute atomic E-state index is 12.2. The van der Waals surface area contributed by atoms with Crippen molar-refractivity contribution in [1.29, 1.82) is 0 Å². The second kappa shape index (κ2) is 7.07. The Hall–Kier alpha value is -1.10. The summed E-state index contributed by atoms with van der Waals surface area (Å²) in [6.45, 7) is 11.8. The van der Waals surface area contributed by atoms with Gasteiger partial charge in [-0.3, -0.25) is 9.59 Å². The molecule has 0 bridgehead atoms. The third-order valence-corrected chi connectivity index (χ3v) is 4.08. The summed E-state index contributed by atoms with van der Waals surface area (Å²) in [5.74, 6) is 0.667. The number of hydrogen-bond donors (Lipinski definition) is 1. The highest BCUT2D eigenvalue weighted by molar-refractivity contribution is 5.82. The maximum atomic E-state index is 12.2. The summed E-state index contributed by atoms with van der Waals surface area (Å²) in [4.78, 5) is 27.5. The molecule has 0 saturated carbocycles. The van der Waals surface area contributed by atoms with E-state index in [1.54, 1.807) is 6.92 Å². The van der Waals surface area contributed by atoms with Gasteiger partial charge < -0.3 is 15.5 Å². The van der Waals surface area contributed by atoms with Gasteiger partial charge in [-0.2, -0.15) is 0 Å². The van der Waals surface area contributed by atoms with Crippen LogP contribution in [-0.2, 0) is 9.59 Å². The number of nitrogens with zero attached hydrogens (tertiary/aromatic N) is 2. The number of carbonyl (C=O) groups excluding carboxylic acids is 2. The lowest BCUT2D eigenvalue weighted by Crippen LogP contribution is -2.46. The van der Waals surface area contributed by atoms with Crippen LogP contribution in [0.3, 0.4) is 0 Å². The van der Waals surface area contributed by atoms with E-state index in [-0.39, 0.29) is 23.8 Å². The number of carbonyl (C=O) groups is 2. The molecule has 1 aliphatic rings. The van der Waals surface area contributed by atoms with Crippen LogP contribution in [0.5, 0.6) is 0 Å². The third-order valence-electron chi connectivity index (χ3n) is 4.08. The molecule has 2 N–H and O–H groups in total. The highest BCUT2D eigenvalue weighted by atomic mass is 16.2. The zero-order valence-corrected chi connectivity index (χ0v) is 13.4. The summed E-state index contributed by atoms with van der Waals surface area (Å²) in [6.07, 6.45) is 0.951. The molecule has 2 amide bonds. The zero-order valence-electron chi connectivity index (χ0n) is 13.4. The van der Waals surface area contributed by atoms with Gasteiger partial charge >= 0.3 is 0 Å². The van der Waals surface area contributed by atoms with Crippen LogP contribution < -0.4 is 5.73 Å². The fourth-order valence-electron chi connectivity index (χ4n) is 2.66. The van der Waals surface area contributed by atoms with Crippen molar-refractivity contribution >= 4 is 11.8 Å². The van der Waals surface area contributed by atoms with Crippen LogP contribution in [0.4, 0.5) is 0 Å². The Morgan fingerprint density at radius 2 is 1.90 bits per heavy atom. The molecule has 20 heavy (non-hydrogen) atoms. The van der Waals surface area contributed by atoms with E-state index in [4.69, 9.17) is 5.73 Å². The summed E-state index contributed by atoms with van der Waals surface area (Å²) in [5.41, 5.74) is 5.93. The predicted octanol–water partition coefficient (Wildman–Crippen LogP) is 1.08. The second-order valence-corrected chi connectivity index (χ2v) is 6.47. The largest absolute Gasteiger partial charge is 0.341 e. The van der Waals surface area contributed by atoms with Crippen LogP contribution in [0.15, 0.2) is 0 Å². The van der Waals surface area contributed by atoms with Gasteiger partial charge in [0.2, 0.25) is 11.8 Å². The first-order valence-electron chi connectivity index (χ1n) is 7.55. The van der Waals surface area contributed by atoms with Gasteiger partial charge in [0.15, 0.2) is 0 Å². The van der Waals surface area contributed by atoms with E-state index in [1.165, 1.54) is 0 Å². The molecule has 5 heteroatoms. The van der Waals surface area contributed by atoms with Gasteiger partial charge in [-0.1, -0.05) is 13.8 Å². The van der Waals surface area contributed by atoms with Crippen LogP contribution in [0.25, 0.3) is 0 Å². The van der Waals surface area contributed by atoms with Gasteiger partial charge in [0.1, 0.15) is 0 Å². The quantitative estimate of drug-likeness (QED) is 0.821. The molecule has 1 heterocycles. The van der Waals surface area contributed by atoms with E-state index in [0.29, 0.717) is 5.92 Å². The summed E-state index contributed by atoms with van der Waals surface area (Å²) < 4.78 is 0. The summed E-state index contributed by atoms with van der Waals surface area (Å²) in [5, 5.41) is 0. The Bertz CT molecular complexity index is 355. The predicted molar refractivity (Wildman–Crippen MR) is 80.0 cm³/mol. The van der Waals surface area contributed by atoms with Crippen molar-refractivity contribution in [1.82, 2.24) is 9.80 Å². The van der Waals surface area contributed by atoms with Gasteiger partial charge in [-0.05, 0) is 32.1 Å². The summed E-state index contributed by atoms with van der Waals surface area (Å²) in [6, 6.07) is -0.210. The molecule has 1 rings (SSSR count). The molecule has 0 aromatic heterocycles. The lowest BCUT2D eigenvalue weighted by Gasteiger charge is -2.28. The molecule has 1 fully saturated rings. The standard InChI is InChI=1S/C15H29N3O2/c1-10(2)14(16)15(20)17-7-6-13(8-17)9-18(11(3)4)12(5)19/h10-11,13-14H,6-9,16H2,1-5H3/t13-,14+/m1/s1. The molecule has 0 aliphatic carbocycles. The van der Waals surface area contributed by atoms with Crippen LogP contribution >= 0.6 is 0 Å². The number of hydrogen-bond acceptors (Lipinski definition) is 3. The number of rotatable bonds is 5. The van der Waals surface area contributed by atoms with Gasteiger partial charge in [-0.15, -0.1) is 0 Å². The van der Waals surface area contributed by atoms with Crippen LogP contribution in [0, 0.1) is 11.8 Å². The molecule has 0 aromatic rings. The Morgan fingerprint density at radius 1 is 1.30 bits per heavy atom. The average molecular weight is 283 g/mol. The molecule has 1 saturated heterocycles. The van der Waals surface area contributed by atoms with Crippen molar-refractivity contribution < 1.29 is 9.59 Å². The lowest BCUT2D eigenvalue weighted by atomic mass is 10.0. The molecule has 2 atom stereocenters. The fourth-order valence-corrected chi connectivity index (χ4v) is 2.66. The van der Waals surface area contributed by atoms with E-state index in [9.17, 15) is 9.59 Å². The van der Waals surface area contributed by atoms with Gasteiger partial charge in [0.05, 0.1) is 6.04 Å². The Morgan fingerprint density at radius 3 is 2.35 bits per heavy atom. The van der Waals surface area contributed by atoms with Gasteiger partial charge in [0.25, 0.3) is 0 Å². The van der Waals surface area contributed by atoms with Crippen molar-refractivity contribution in [2.75, 3.05) is 19.6 Å². The monoisotopic (exact) mass is 283 g/mol. The SMILES string of the molecule is CC(=O)N(C[C@@H]1CCN(C(=O)[C@@H](N)C(C)C)C1)C(C)C. The topological polar surface area (TPSA) is 66.6 Å². The molecular formula is C15H29N3O2. The van der Waals surface area contributed by atoms with Gasteiger partial charge in [0, 0.05) is 32.6 Å². The van der Waals surface area contributed by atoms with E-state index >= 15 is 0 Å². The summed E-state index contributed by atoms with van der Waals surface area (Å²) in [7, 11) is 0. The van der Waals surface area contributed by atoms with Crippen LogP contribution in [-0.4, -0.2) is 53.3 Å². The molecule has 5 nitrogen and oxygen atoms in total. The smallest absolute Gasteiger partial charge is 0.239 e. The molecule has 0 aromatic carbocycles. The molecular weight excluding hydrogens is 254 g/mol. The number of amides is 2. The highest BCUT2D eigenvalue weighted by Gasteiger charge is 2.32. The van der Waals surface area contributed by atoms with Crippen LogP contribution in [0.2, 0.25) is 0 Å². The zero-order chi connectivity index (χ0) is 15.4. The lowest BCUT2D eigenvalue weighted by molar-refractivity contribution is -0.132. The first-order chi connectivity index (χ1) is 9.23. The second-order valence-electron chi connectivity index (χ2n) is 6.47. The molecule has 0 unspecified atom stereocenters. The summed E-state index contributed by atoms with van der Waals surface area (Å²) >= 11 is 0. The van der Waals surface area contributed by atoms with Crippen molar-refractivity contribution in [3.63, 3.8) is 0 Å². The number of likely N-dealkylation sites (tertiary alicyclic amines) is 1. The van der Waals surface area contributed by atoms with Crippen molar-refractivity contribution in [2.45, 2.75) is 53.1 Å². The molecule has 1 aliphatic heterocycles. The normalized spacial score (nSPS) is 20.6.